The number of hydrogen-bond donors (Lipinski definition) is 2. The molecule has 1 saturated heterocycles. The summed E-state index contributed by atoms with van der Waals surface area (Å²) in [5.74, 6) is 1.56. The Hall–Kier alpha value is -2.80. The van der Waals surface area contributed by atoms with Crippen molar-refractivity contribution < 1.29 is 19.0 Å². The highest BCUT2D eigenvalue weighted by atomic mass is 16.5. The largest absolute Gasteiger partial charge is 0.493 e. The van der Waals surface area contributed by atoms with E-state index in [4.69, 9.17) is 14.2 Å². The Bertz CT molecular complexity index is 757. The van der Waals surface area contributed by atoms with Crippen molar-refractivity contribution in [1.82, 2.24) is 15.6 Å². The first kappa shape index (κ1) is 19.0. The number of amides is 1. The van der Waals surface area contributed by atoms with E-state index in [0.717, 1.165) is 11.3 Å². The molecule has 7 nitrogen and oxygen atoms in total. The van der Waals surface area contributed by atoms with E-state index in [-0.39, 0.29) is 17.7 Å². The minimum absolute atomic E-state index is 0.00408. The lowest BCUT2D eigenvalue weighted by molar-refractivity contribution is -0.125. The molecule has 0 aliphatic carbocycles. The fourth-order valence-corrected chi connectivity index (χ4v) is 3.43. The molecule has 0 radical (unpaired) electrons. The van der Waals surface area contributed by atoms with Crippen LogP contribution in [0.25, 0.3) is 0 Å². The number of benzene rings is 1. The summed E-state index contributed by atoms with van der Waals surface area (Å²) in [5, 5.41) is 6.31. The number of aromatic nitrogens is 1. The quantitative estimate of drug-likeness (QED) is 0.771. The number of carbonyl (C=O) groups excluding carboxylic acids is 1. The summed E-state index contributed by atoms with van der Waals surface area (Å²) < 4.78 is 16.3. The van der Waals surface area contributed by atoms with Gasteiger partial charge in [-0.1, -0.05) is 6.07 Å². The van der Waals surface area contributed by atoms with Gasteiger partial charge in [0.05, 0.1) is 39.5 Å². The van der Waals surface area contributed by atoms with Gasteiger partial charge in [-0.2, -0.15) is 0 Å². The molecule has 1 aromatic carbocycles. The van der Waals surface area contributed by atoms with Crippen LogP contribution in [0.4, 0.5) is 0 Å². The zero-order valence-electron chi connectivity index (χ0n) is 15.8. The SMILES string of the molecule is COc1cc(C2CNCC2C(=O)NCc2ccccn2)cc(OC)c1OC. The van der Waals surface area contributed by atoms with Crippen LogP contribution in [0.3, 0.4) is 0 Å². The predicted octanol–water partition coefficient (Wildman–Crippen LogP) is 1.73. The number of carbonyl (C=O) groups is 1. The molecule has 3 rings (SSSR count). The maximum atomic E-state index is 12.8. The molecule has 2 atom stereocenters. The molecule has 144 valence electrons. The first-order chi connectivity index (χ1) is 13.2. The number of ether oxygens (including phenoxy) is 3. The van der Waals surface area contributed by atoms with Crippen molar-refractivity contribution in [3.05, 3.63) is 47.8 Å². The molecule has 0 bridgehead atoms. The third-order valence-corrected chi connectivity index (χ3v) is 4.84. The molecule has 27 heavy (non-hydrogen) atoms. The van der Waals surface area contributed by atoms with Crippen LogP contribution in [0.15, 0.2) is 36.5 Å². The molecule has 1 fully saturated rings. The Morgan fingerprint density at radius 3 is 2.48 bits per heavy atom. The Balaban J connectivity index is 1.78. The van der Waals surface area contributed by atoms with Crippen LogP contribution in [0, 0.1) is 5.92 Å². The number of nitrogens with one attached hydrogen (secondary N) is 2. The number of pyridine rings is 1. The summed E-state index contributed by atoms with van der Waals surface area (Å²) >= 11 is 0. The second-order valence-electron chi connectivity index (χ2n) is 6.37. The number of methoxy groups -OCH3 is 3. The van der Waals surface area contributed by atoms with Gasteiger partial charge in [0.2, 0.25) is 11.7 Å². The van der Waals surface area contributed by atoms with E-state index in [0.29, 0.717) is 36.9 Å². The van der Waals surface area contributed by atoms with Crippen LogP contribution in [0.5, 0.6) is 17.2 Å². The normalized spacial score (nSPS) is 18.8. The van der Waals surface area contributed by atoms with Gasteiger partial charge in [-0.3, -0.25) is 9.78 Å². The van der Waals surface area contributed by atoms with Crippen LogP contribution in [-0.2, 0) is 11.3 Å². The van der Waals surface area contributed by atoms with Gasteiger partial charge in [0.25, 0.3) is 0 Å². The van der Waals surface area contributed by atoms with E-state index in [2.05, 4.69) is 15.6 Å². The Morgan fingerprint density at radius 1 is 1.15 bits per heavy atom. The molecule has 7 heteroatoms. The van der Waals surface area contributed by atoms with Crippen molar-refractivity contribution in [2.75, 3.05) is 34.4 Å². The maximum Gasteiger partial charge on any atom is 0.225 e. The van der Waals surface area contributed by atoms with Crippen molar-refractivity contribution in [1.29, 1.82) is 0 Å². The van der Waals surface area contributed by atoms with Crippen molar-refractivity contribution in [2.45, 2.75) is 12.5 Å². The zero-order chi connectivity index (χ0) is 19.2. The van der Waals surface area contributed by atoms with Crippen LogP contribution >= 0.6 is 0 Å². The molecule has 1 aliphatic heterocycles. The van der Waals surface area contributed by atoms with Gasteiger partial charge in [0.15, 0.2) is 11.5 Å². The summed E-state index contributed by atoms with van der Waals surface area (Å²) in [6, 6.07) is 9.48. The first-order valence-corrected chi connectivity index (χ1v) is 8.86. The molecule has 2 heterocycles. The highest BCUT2D eigenvalue weighted by Crippen LogP contribution is 2.42. The van der Waals surface area contributed by atoms with E-state index in [1.807, 2.05) is 30.3 Å². The molecule has 1 aliphatic rings. The van der Waals surface area contributed by atoms with Crippen LogP contribution in [0.1, 0.15) is 17.2 Å². The molecule has 2 aromatic rings. The van der Waals surface area contributed by atoms with E-state index in [1.54, 1.807) is 27.5 Å². The topological polar surface area (TPSA) is 81.7 Å². The minimum atomic E-state index is -0.184. The summed E-state index contributed by atoms with van der Waals surface area (Å²) in [6.45, 7) is 1.74. The standard InChI is InChI=1S/C20H25N3O4/c1-25-17-8-13(9-18(26-2)19(17)27-3)15-11-21-12-16(15)20(24)23-10-14-6-4-5-7-22-14/h4-9,15-16,21H,10-12H2,1-3H3,(H,23,24). The molecule has 1 amide bonds. The van der Waals surface area contributed by atoms with Crippen molar-refractivity contribution in [3.63, 3.8) is 0 Å². The zero-order valence-corrected chi connectivity index (χ0v) is 15.8. The molecule has 1 aromatic heterocycles. The summed E-state index contributed by atoms with van der Waals surface area (Å²) in [6.07, 6.45) is 1.72. The van der Waals surface area contributed by atoms with Gasteiger partial charge in [0, 0.05) is 25.2 Å². The second-order valence-corrected chi connectivity index (χ2v) is 6.37. The van der Waals surface area contributed by atoms with Gasteiger partial charge in [-0.25, -0.2) is 0 Å². The van der Waals surface area contributed by atoms with Crippen molar-refractivity contribution in [2.24, 2.45) is 5.92 Å². The predicted molar refractivity (Wildman–Crippen MR) is 101 cm³/mol. The highest BCUT2D eigenvalue weighted by Gasteiger charge is 2.35. The molecule has 0 spiro atoms. The number of rotatable bonds is 7. The smallest absolute Gasteiger partial charge is 0.225 e. The number of hydrogen-bond acceptors (Lipinski definition) is 6. The number of nitrogens with zero attached hydrogens (tertiary/aromatic N) is 1. The first-order valence-electron chi connectivity index (χ1n) is 8.86. The van der Waals surface area contributed by atoms with Gasteiger partial charge < -0.3 is 24.8 Å². The molecular formula is C20H25N3O4. The lowest BCUT2D eigenvalue weighted by Gasteiger charge is -2.21. The fraction of sp³-hybridized carbons (Fsp3) is 0.400. The fourth-order valence-electron chi connectivity index (χ4n) is 3.43. The monoisotopic (exact) mass is 371 g/mol. The lowest BCUT2D eigenvalue weighted by atomic mass is 9.88. The van der Waals surface area contributed by atoms with Gasteiger partial charge >= 0.3 is 0 Å². The average molecular weight is 371 g/mol. The molecule has 0 saturated carbocycles. The van der Waals surface area contributed by atoms with Gasteiger partial charge in [-0.15, -0.1) is 0 Å². The van der Waals surface area contributed by atoms with E-state index < -0.39 is 0 Å². The van der Waals surface area contributed by atoms with Crippen molar-refractivity contribution in [3.8, 4) is 17.2 Å². The summed E-state index contributed by atoms with van der Waals surface area (Å²) in [7, 11) is 4.75. The van der Waals surface area contributed by atoms with Crippen LogP contribution in [0.2, 0.25) is 0 Å². The van der Waals surface area contributed by atoms with Gasteiger partial charge in [-0.05, 0) is 29.8 Å². The Labute approximate surface area is 159 Å². The van der Waals surface area contributed by atoms with E-state index in [9.17, 15) is 4.79 Å². The molecular weight excluding hydrogens is 346 g/mol. The molecule has 2 unspecified atom stereocenters. The molecule has 2 N–H and O–H groups in total. The Kier molecular flexibility index (Phi) is 6.13. The van der Waals surface area contributed by atoms with Crippen LogP contribution < -0.4 is 24.8 Å². The summed E-state index contributed by atoms with van der Waals surface area (Å²) in [5.41, 5.74) is 1.81. The maximum absolute atomic E-state index is 12.8. The van der Waals surface area contributed by atoms with E-state index in [1.165, 1.54) is 0 Å². The minimum Gasteiger partial charge on any atom is -0.493 e. The highest BCUT2D eigenvalue weighted by molar-refractivity contribution is 5.80. The lowest BCUT2D eigenvalue weighted by Crippen LogP contribution is -2.34. The third kappa shape index (κ3) is 4.14. The third-order valence-electron chi connectivity index (χ3n) is 4.84. The van der Waals surface area contributed by atoms with Crippen molar-refractivity contribution >= 4 is 5.91 Å². The average Bonchev–Trinajstić information content (AvgIpc) is 3.21. The van der Waals surface area contributed by atoms with Crippen LogP contribution in [-0.4, -0.2) is 45.3 Å². The second kappa shape index (κ2) is 8.73. The van der Waals surface area contributed by atoms with Gasteiger partial charge in [0.1, 0.15) is 0 Å². The summed E-state index contributed by atoms with van der Waals surface area (Å²) in [4.78, 5) is 17.0. The Morgan fingerprint density at radius 2 is 1.89 bits per heavy atom. The van der Waals surface area contributed by atoms with E-state index >= 15 is 0 Å².